The van der Waals surface area contributed by atoms with Gasteiger partial charge < -0.3 is 9.84 Å². The number of carboxylic acid groups (broad SMARTS) is 1. The smallest absolute Gasteiger partial charge is 0.306 e. The van der Waals surface area contributed by atoms with Gasteiger partial charge >= 0.3 is 5.97 Å². The molecule has 0 amide bonds. The minimum Gasteiger partial charge on any atom is -0.496 e. The van der Waals surface area contributed by atoms with E-state index in [1.54, 1.807) is 7.11 Å². The van der Waals surface area contributed by atoms with Gasteiger partial charge in [-0.25, -0.2) is 0 Å². The van der Waals surface area contributed by atoms with Gasteiger partial charge in [0.15, 0.2) is 0 Å². The fourth-order valence-corrected chi connectivity index (χ4v) is 3.91. The molecule has 0 aliphatic carbocycles. The van der Waals surface area contributed by atoms with Crippen LogP contribution in [0.3, 0.4) is 0 Å². The van der Waals surface area contributed by atoms with Crippen LogP contribution in [0.4, 0.5) is 0 Å². The maximum atomic E-state index is 11.9. The molecule has 3 nitrogen and oxygen atoms in total. The number of ether oxygens (including phenoxy) is 1. The van der Waals surface area contributed by atoms with E-state index in [-0.39, 0.29) is 16.7 Å². The Balaban J connectivity index is 3.09. The van der Waals surface area contributed by atoms with Gasteiger partial charge in [-0.2, -0.15) is 0 Å². The van der Waals surface area contributed by atoms with Crippen LogP contribution >= 0.6 is 0 Å². The van der Waals surface area contributed by atoms with Gasteiger partial charge in [-0.15, -0.1) is 0 Å². The van der Waals surface area contributed by atoms with Crippen molar-refractivity contribution in [2.45, 2.75) is 111 Å². The Kier molecular flexibility index (Phi) is 9.71. The minimum atomic E-state index is -0.677. The van der Waals surface area contributed by atoms with E-state index in [0.717, 1.165) is 41.7 Å². The summed E-state index contributed by atoms with van der Waals surface area (Å²) in [5.74, 6) is -0.0595. The largest absolute Gasteiger partial charge is 0.496 e. The van der Waals surface area contributed by atoms with Crippen molar-refractivity contribution in [3.8, 4) is 5.75 Å². The van der Waals surface area contributed by atoms with Crippen molar-refractivity contribution in [2.24, 2.45) is 5.92 Å². The van der Waals surface area contributed by atoms with Gasteiger partial charge in [0.1, 0.15) is 5.75 Å². The van der Waals surface area contributed by atoms with E-state index in [1.807, 2.05) is 0 Å². The quantitative estimate of drug-likeness (QED) is 0.394. The zero-order chi connectivity index (χ0) is 22.2. The number of unbranched alkanes of at least 4 members (excludes halogenated alkanes) is 5. The van der Waals surface area contributed by atoms with Gasteiger partial charge in [0, 0.05) is 11.1 Å². The fraction of sp³-hybridized carbons (Fsp3) is 0.731. The maximum Gasteiger partial charge on any atom is 0.306 e. The maximum absolute atomic E-state index is 11.9. The Morgan fingerprint density at radius 2 is 1.41 bits per heavy atom. The first-order valence-electron chi connectivity index (χ1n) is 11.4. The molecule has 1 unspecified atom stereocenters. The second-order valence-corrected chi connectivity index (χ2v) is 10.5. The number of hydrogen-bond donors (Lipinski definition) is 1. The van der Waals surface area contributed by atoms with Crippen LogP contribution in [-0.4, -0.2) is 18.2 Å². The number of benzene rings is 1. The van der Waals surface area contributed by atoms with Crippen molar-refractivity contribution in [1.29, 1.82) is 0 Å². The van der Waals surface area contributed by atoms with Crippen LogP contribution in [-0.2, 0) is 22.0 Å². The highest BCUT2D eigenvalue weighted by atomic mass is 16.5. The lowest BCUT2D eigenvalue weighted by Crippen LogP contribution is -2.21. The van der Waals surface area contributed by atoms with Gasteiger partial charge in [-0.1, -0.05) is 99.1 Å². The molecule has 166 valence electrons. The second-order valence-electron chi connectivity index (χ2n) is 10.5. The van der Waals surface area contributed by atoms with Gasteiger partial charge in [-0.3, -0.25) is 4.79 Å². The van der Waals surface area contributed by atoms with E-state index in [4.69, 9.17) is 4.74 Å². The average Bonchev–Trinajstić information content (AvgIpc) is 2.61. The lowest BCUT2D eigenvalue weighted by molar-refractivity contribution is -0.142. The van der Waals surface area contributed by atoms with Crippen LogP contribution in [0.1, 0.15) is 110 Å². The van der Waals surface area contributed by atoms with E-state index < -0.39 is 5.97 Å². The van der Waals surface area contributed by atoms with Gasteiger partial charge in [-0.05, 0) is 29.2 Å². The molecule has 0 radical (unpaired) electrons. The van der Waals surface area contributed by atoms with Crippen LogP contribution < -0.4 is 4.74 Å². The van der Waals surface area contributed by atoms with E-state index in [2.05, 4.69) is 60.6 Å². The average molecular weight is 405 g/mol. The Hall–Kier alpha value is -1.51. The monoisotopic (exact) mass is 404 g/mol. The third-order valence-electron chi connectivity index (χ3n) is 5.71. The zero-order valence-corrected chi connectivity index (χ0v) is 20.2. The highest BCUT2D eigenvalue weighted by molar-refractivity contribution is 5.70. The second kappa shape index (κ2) is 11.0. The molecule has 0 bridgehead atoms. The Morgan fingerprint density at radius 1 is 0.931 bits per heavy atom. The molecule has 0 saturated heterocycles. The predicted octanol–water partition coefficient (Wildman–Crippen LogP) is 7.28. The topological polar surface area (TPSA) is 46.5 Å². The molecule has 0 aliphatic heterocycles. The van der Waals surface area contributed by atoms with Crippen LogP contribution in [0.2, 0.25) is 0 Å². The van der Waals surface area contributed by atoms with Crippen LogP contribution in [0, 0.1) is 5.92 Å². The summed E-state index contributed by atoms with van der Waals surface area (Å²) in [4.78, 5) is 11.9. The molecule has 0 aromatic heterocycles. The van der Waals surface area contributed by atoms with Crippen molar-refractivity contribution in [2.75, 3.05) is 7.11 Å². The molecule has 3 heteroatoms. The van der Waals surface area contributed by atoms with Crippen molar-refractivity contribution in [3.63, 3.8) is 0 Å². The third kappa shape index (κ3) is 8.03. The van der Waals surface area contributed by atoms with Crippen molar-refractivity contribution < 1.29 is 14.6 Å². The molecule has 0 saturated carbocycles. The summed E-state index contributed by atoms with van der Waals surface area (Å²) < 4.78 is 5.83. The molecule has 0 aliphatic rings. The highest BCUT2D eigenvalue weighted by Crippen LogP contribution is 2.41. The predicted molar refractivity (Wildman–Crippen MR) is 123 cm³/mol. The minimum absolute atomic E-state index is 0.0701. The summed E-state index contributed by atoms with van der Waals surface area (Å²) in [5.41, 5.74) is 3.29. The van der Waals surface area contributed by atoms with Crippen molar-refractivity contribution >= 4 is 5.97 Å². The first kappa shape index (κ1) is 25.5. The molecule has 1 aromatic carbocycles. The van der Waals surface area contributed by atoms with Crippen molar-refractivity contribution in [1.82, 2.24) is 0 Å². The normalized spacial score (nSPS) is 13.4. The molecule has 0 spiro atoms. The highest BCUT2D eigenvalue weighted by Gasteiger charge is 2.28. The summed E-state index contributed by atoms with van der Waals surface area (Å²) in [6.45, 7) is 15.3. The summed E-state index contributed by atoms with van der Waals surface area (Å²) in [6.07, 6.45) is 8.45. The molecule has 0 heterocycles. The zero-order valence-electron chi connectivity index (χ0n) is 20.2. The van der Waals surface area contributed by atoms with Gasteiger partial charge in [0.2, 0.25) is 0 Å². The van der Waals surface area contributed by atoms with Crippen LogP contribution in [0.15, 0.2) is 12.1 Å². The lowest BCUT2D eigenvalue weighted by atomic mass is 9.77. The third-order valence-corrected chi connectivity index (χ3v) is 5.71. The molecule has 1 atom stereocenters. The van der Waals surface area contributed by atoms with E-state index in [9.17, 15) is 9.90 Å². The molecule has 1 N–H and O–H groups in total. The van der Waals surface area contributed by atoms with Crippen molar-refractivity contribution in [3.05, 3.63) is 28.8 Å². The first-order valence-corrected chi connectivity index (χ1v) is 11.4. The number of carboxylic acids is 1. The Bertz CT molecular complexity index is 612. The molecule has 1 rings (SSSR count). The summed E-state index contributed by atoms with van der Waals surface area (Å²) in [6, 6.07) is 4.34. The number of rotatable bonds is 11. The summed E-state index contributed by atoms with van der Waals surface area (Å²) in [5, 5.41) is 9.81. The van der Waals surface area contributed by atoms with Gasteiger partial charge in [0.25, 0.3) is 0 Å². The first-order chi connectivity index (χ1) is 13.4. The van der Waals surface area contributed by atoms with Crippen LogP contribution in [0.5, 0.6) is 5.75 Å². The molecule has 29 heavy (non-hydrogen) atoms. The molecular weight excluding hydrogens is 360 g/mol. The number of hydrogen-bond acceptors (Lipinski definition) is 2. The molecular formula is C26H44O3. The molecule has 0 fully saturated rings. The Labute approximate surface area is 179 Å². The SMILES string of the molecule is CCCCCCCCC(Cc1cc(C(C)(C)C)c(OC)c(C(C)(C)C)c1)C(=O)O. The van der Waals surface area contributed by atoms with E-state index >= 15 is 0 Å². The van der Waals surface area contributed by atoms with Crippen LogP contribution in [0.25, 0.3) is 0 Å². The lowest BCUT2D eigenvalue weighted by Gasteiger charge is -2.30. The fourth-order valence-electron chi connectivity index (χ4n) is 3.91. The summed E-state index contributed by atoms with van der Waals surface area (Å²) in [7, 11) is 1.73. The standard InChI is InChI=1S/C26H44O3/c1-9-10-11-12-13-14-15-20(24(27)28)16-19-17-21(25(2,3)4)23(29-8)22(18-19)26(5,6)7/h17-18,20H,9-16H2,1-8H3,(H,27,28). The van der Waals surface area contributed by atoms with E-state index in [1.165, 1.54) is 25.7 Å². The van der Waals surface area contributed by atoms with Gasteiger partial charge in [0.05, 0.1) is 13.0 Å². The molecule has 1 aromatic rings. The number of aliphatic carboxylic acids is 1. The number of methoxy groups -OCH3 is 1. The van der Waals surface area contributed by atoms with E-state index in [0.29, 0.717) is 6.42 Å². The summed E-state index contributed by atoms with van der Waals surface area (Å²) >= 11 is 0. The Morgan fingerprint density at radius 3 is 1.83 bits per heavy atom. The number of carbonyl (C=O) groups is 1.